The lowest BCUT2D eigenvalue weighted by molar-refractivity contribution is 0.561. The summed E-state index contributed by atoms with van der Waals surface area (Å²) in [5, 5.41) is 0.802. The van der Waals surface area contributed by atoms with Crippen molar-refractivity contribution in [2.45, 2.75) is 6.92 Å². The highest BCUT2D eigenvalue weighted by Gasteiger charge is 2.08. The van der Waals surface area contributed by atoms with Crippen molar-refractivity contribution in [3.05, 3.63) is 70.3 Å². The van der Waals surface area contributed by atoms with E-state index in [0.717, 1.165) is 10.9 Å². The Kier molecular flexibility index (Phi) is 2.67. The summed E-state index contributed by atoms with van der Waals surface area (Å²) in [5.41, 5.74) is 2.45. The van der Waals surface area contributed by atoms with Crippen LogP contribution in [0.1, 0.15) is 5.56 Å². The zero-order valence-electron chi connectivity index (χ0n) is 10.3. The highest BCUT2D eigenvalue weighted by Crippen LogP contribution is 2.28. The van der Waals surface area contributed by atoms with Gasteiger partial charge in [-0.15, -0.1) is 0 Å². The minimum Gasteiger partial charge on any atom is -0.423 e. The van der Waals surface area contributed by atoms with E-state index in [4.69, 9.17) is 4.42 Å². The van der Waals surface area contributed by atoms with Crippen LogP contribution in [0.3, 0.4) is 0 Å². The fraction of sp³-hybridized carbons (Fsp3) is 0.0625. The van der Waals surface area contributed by atoms with Gasteiger partial charge < -0.3 is 4.42 Å². The second kappa shape index (κ2) is 4.35. The predicted octanol–water partition coefficient (Wildman–Crippen LogP) is 3.91. The number of benzene rings is 2. The van der Waals surface area contributed by atoms with Gasteiger partial charge in [0, 0.05) is 11.5 Å². The SMILES string of the molecule is Cc1ccc2c(-c3cccc(F)c3)cc(=O)oc2c1. The molecule has 0 saturated carbocycles. The van der Waals surface area contributed by atoms with Crippen LogP contribution in [0.25, 0.3) is 22.1 Å². The first-order valence-electron chi connectivity index (χ1n) is 5.94. The van der Waals surface area contributed by atoms with Crippen molar-refractivity contribution in [2.24, 2.45) is 0 Å². The summed E-state index contributed by atoms with van der Waals surface area (Å²) >= 11 is 0. The quantitative estimate of drug-likeness (QED) is 0.616. The molecule has 3 heteroatoms. The molecule has 0 atom stereocenters. The first-order chi connectivity index (χ1) is 9.13. The predicted molar refractivity (Wildman–Crippen MR) is 72.6 cm³/mol. The van der Waals surface area contributed by atoms with E-state index in [9.17, 15) is 9.18 Å². The molecule has 0 spiro atoms. The highest BCUT2D eigenvalue weighted by molar-refractivity contribution is 5.93. The molecule has 0 aliphatic rings. The van der Waals surface area contributed by atoms with Crippen LogP contribution >= 0.6 is 0 Å². The lowest BCUT2D eigenvalue weighted by Gasteiger charge is -2.06. The molecule has 0 fully saturated rings. The van der Waals surface area contributed by atoms with Crippen molar-refractivity contribution in [1.82, 2.24) is 0 Å². The summed E-state index contributed by atoms with van der Waals surface area (Å²) < 4.78 is 18.5. The summed E-state index contributed by atoms with van der Waals surface area (Å²) in [6, 6.07) is 13.2. The van der Waals surface area contributed by atoms with Gasteiger partial charge in [0.25, 0.3) is 0 Å². The van der Waals surface area contributed by atoms with Gasteiger partial charge in [-0.3, -0.25) is 0 Å². The highest BCUT2D eigenvalue weighted by atomic mass is 19.1. The summed E-state index contributed by atoms with van der Waals surface area (Å²) in [6.45, 7) is 1.92. The zero-order chi connectivity index (χ0) is 13.4. The minimum atomic E-state index is -0.433. The fourth-order valence-corrected chi connectivity index (χ4v) is 2.16. The molecule has 3 rings (SSSR count). The van der Waals surface area contributed by atoms with E-state index in [2.05, 4.69) is 0 Å². The molecule has 0 saturated heterocycles. The van der Waals surface area contributed by atoms with Gasteiger partial charge >= 0.3 is 5.63 Å². The van der Waals surface area contributed by atoms with Crippen molar-refractivity contribution < 1.29 is 8.81 Å². The average molecular weight is 254 g/mol. The van der Waals surface area contributed by atoms with E-state index in [1.807, 2.05) is 19.1 Å². The maximum atomic E-state index is 13.3. The van der Waals surface area contributed by atoms with Gasteiger partial charge in [0.05, 0.1) is 0 Å². The van der Waals surface area contributed by atoms with Crippen LogP contribution in [0.4, 0.5) is 4.39 Å². The average Bonchev–Trinajstić information content (AvgIpc) is 2.37. The molecule has 2 nitrogen and oxygen atoms in total. The molecule has 0 bridgehead atoms. The third kappa shape index (κ3) is 2.15. The molecule has 0 N–H and O–H groups in total. The normalized spacial score (nSPS) is 10.8. The summed E-state index contributed by atoms with van der Waals surface area (Å²) in [5.74, 6) is -0.328. The largest absolute Gasteiger partial charge is 0.423 e. The van der Waals surface area contributed by atoms with E-state index >= 15 is 0 Å². The molecule has 2 aromatic carbocycles. The Morgan fingerprint density at radius 1 is 1.05 bits per heavy atom. The van der Waals surface area contributed by atoms with Crippen molar-refractivity contribution in [3.63, 3.8) is 0 Å². The molecule has 19 heavy (non-hydrogen) atoms. The summed E-state index contributed by atoms with van der Waals surface area (Å²) in [7, 11) is 0. The van der Waals surface area contributed by atoms with E-state index in [-0.39, 0.29) is 5.82 Å². The first-order valence-corrected chi connectivity index (χ1v) is 5.94. The molecule has 0 radical (unpaired) electrons. The van der Waals surface area contributed by atoms with E-state index in [0.29, 0.717) is 16.7 Å². The Labute approximate surface area is 109 Å². The standard InChI is InChI=1S/C16H11FO2/c1-10-5-6-13-14(9-16(18)19-15(13)7-10)11-3-2-4-12(17)8-11/h2-9H,1H3. The van der Waals surface area contributed by atoms with E-state index in [1.165, 1.54) is 18.2 Å². The molecular weight excluding hydrogens is 243 g/mol. The van der Waals surface area contributed by atoms with Gasteiger partial charge in [0.15, 0.2) is 0 Å². The number of fused-ring (bicyclic) bond motifs is 1. The molecule has 0 unspecified atom stereocenters. The van der Waals surface area contributed by atoms with Gasteiger partial charge in [0.1, 0.15) is 11.4 Å². The second-order valence-electron chi connectivity index (χ2n) is 4.49. The summed E-state index contributed by atoms with van der Waals surface area (Å²) in [4.78, 5) is 11.6. The third-order valence-corrected chi connectivity index (χ3v) is 3.04. The van der Waals surface area contributed by atoms with Crippen molar-refractivity contribution >= 4 is 11.0 Å². The molecule has 0 aliphatic carbocycles. The van der Waals surface area contributed by atoms with Gasteiger partial charge in [-0.05, 0) is 41.8 Å². The molecule has 1 heterocycles. The third-order valence-electron chi connectivity index (χ3n) is 3.04. The van der Waals surface area contributed by atoms with Crippen molar-refractivity contribution in [2.75, 3.05) is 0 Å². The number of hydrogen-bond donors (Lipinski definition) is 0. The summed E-state index contributed by atoms with van der Waals surface area (Å²) in [6.07, 6.45) is 0. The molecule has 0 aliphatic heterocycles. The van der Waals surface area contributed by atoms with Gasteiger partial charge in [-0.25, -0.2) is 9.18 Å². The number of rotatable bonds is 1. The zero-order valence-corrected chi connectivity index (χ0v) is 10.3. The minimum absolute atomic E-state index is 0.328. The smallest absolute Gasteiger partial charge is 0.336 e. The van der Waals surface area contributed by atoms with Crippen LogP contribution < -0.4 is 5.63 Å². The van der Waals surface area contributed by atoms with Crippen LogP contribution in [-0.2, 0) is 0 Å². The molecular formula is C16H11FO2. The second-order valence-corrected chi connectivity index (χ2v) is 4.49. The Hall–Kier alpha value is -2.42. The molecule has 94 valence electrons. The lowest BCUT2D eigenvalue weighted by atomic mass is 10.0. The van der Waals surface area contributed by atoms with Crippen LogP contribution in [0.2, 0.25) is 0 Å². The van der Waals surface area contributed by atoms with E-state index in [1.54, 1.807) is 18.2 Å². The molecule has 0 amide bonds. The lowest BCUT2D eigenvalue weighted by Crippen LogP contribution is -1.98. The Morgan fingerprint density at radius 3 is 2.68 bits per heavy atom. The molecule has 1 aromatic heterocycles. The maximum Gasteiger partial charge on any atom is 0.336 e. The molecule has 3 aromatic rings. The maximum absolute atomic E-state index is 13.3. The monoisotopic (exact) mass is 254 g/mol. The Morgan fingerprint density at radius 2 is 1.89 bits per heavy atom. The van der Waals surface area contributed by atoms with Crippen LogP contribution in [0.5, 0.6) is 0 Å². The van der Waals surface area contributed by atoms with Gasteiger partial charge in [-0.2, -0.15) is 0 Å². The van der Waals surface area contributed by atoms with Crippen molar-refractivity contribution in [3.8, 4) is 11.1 Å². The number of hydrogen-bond acceptors (Lipinski definition) is 2. The van der Waals surface area contributed by atoms with Crippen LogP contribution in [0, 0.1) is 12.7 Å². The van der Waals surface area contributed by atoms with Crippen LogP contribution in [-0.4, -0.2) is 0 Å². The first kappa shape index (κ1) is 11.7. The Balaban J connectivity index is 2.37. The van der Waals surface area contributed by atoms with E-state index < -0.39 is 5.63 Å². The van der Waals surface area contributed by atoms with Gasteiger partial charge in [0.2, 0.25) is 0 Å². The Bertz CT molecular complexity index is 818. The van der Waals surface area contributed by atoms with Crippen molar-refractivity contribution in [1.29, 1.82) is 0 Å². The number of aryl methyl sites for hydroxylation is 1. The topological polar surface area (TPSA) is 30.2 Å². The van der Waals surface area contributed by atoms with Crippen LogP contribution in [0.15, 0.2) is 57.7 Å². The number of halogens is 1. The fourth-order valence-electron chi connectivity index (χ4n) is 2.16. The van der Waals surface area contributed by atoms with Gasteiger partial charge in [-0.1, -0.05) is 24.3 Å².